The fourth-order valence-corrected chi connectivity index (χ4v) is 8.91. The maximum Gasteiger partial charge on any atom is 0.352 e. The molecule has 3 aliphatic rings. The van der Waals surface area contributed by atoms with Crippen molar-refractivity contribution in [2.75, 3.05) is 14.2 Å². The van der Waals surface area contributed by atoms with E-state index in [9.17, 15) is 14.7 Å². The number of methoxy groups -OCH3 is 2. The molecule has 0 amide bonds. The van der Waals surface area contributed by atoms with E-state index < -0.39 is 5.97 Å². The number of carbonyl (C=O) groups is 2. The van der Waals surface area contributed by atoms with Gasteiger partial charge in [-0.2, -0.15) is 0 Å². The fraction of sp³-hybridized carbons (Fsp3) is 0.526. The summed E-state index contributed by atoms with van der Waals surface area (Å²) in [5, 5.41) is 11.2. The first-order chi connectivity index (χ1) is 23.4. The minimum Gasteiger partial charge on any atom is -0.497 e. The molecule has 0 radical (unpaired) electrons. The minimum atomic E-state index is -0.930. The zero-order chi connectivity index (χ0) is 33.5. The van der Waals surface area contributed by atoms with Gasteiger partial charge in [-0.1, -0.05) is 19.3 Å². The van der Waals surface area contributed by atoms with Crippen LogP contribution in [0.5, 0.6) is 23.0 Å². The first-order valence-electron chi connectivity index (χ1n) is 17.4. The summed E-state index contributed by atoms with van der Waals surface area (Å²) >= 11 is 2.73. The Hall–Kier alpha value is -3.50. The van der Waals surface area contributed by atoms with Gasteiger partial charge in [0, 0.05) is 20.2 Å². The Labute approximate surface area is 290 Å². The molecule has 48 heavy (non-hydrogen) atoms. The number of aromatic carboxylic acids is 1. The van der Waals surface area contributed by atoms with E-state index in [-0.39, 0.29) is 29.2 Å². The van der Waals surface area contributed by atoms with Crippen LogP contribution in [0.2, 0.25) is 0 Å². The number of carbonyl (C=O) groups excluding carboxylic acids is 1. The molecule has 2 aromatic heterocycles. The van der Waals surface area contributed by atoms with Crippen LogP contribution in [-0.4, -0.2) is 49.6 Å². The smallest absolute Gasteiger partial charge is 0.352 e. The summed E-state index contributed by atoms with van der Waals surface area (Å²) in [6.45, 7) is 0. The third kappa shape index (κ3) is 8.20. The van der Waals surface area contributed by atoms with Crippen molar-refractivity contribution in [3.8, 4) is 23.0 Å². The first-order valence-corrected chi connectivity index (χ1v) is 19.1. The first kappa shape index (κ1) is 34.4. The van der Waals surface area contributed by atoms with Gasteiger partial charge in [-0.15, -0.1) is 22.7 Å². The average Bonchev–Trinajstić information content (AvgIpc) is 3.67. The molecule has 0 saturated heterocycles. The van der Waals surface area contributed by atoms with Crippen LogP contribution >= 0.6 is 22.7 Å². The van der Waals surface area contributed by atoms with Gasteiger partial charge in [-0.25, -0.2) is 9.59 Å². The summed E-state index contributed by atoms with van der Waals surface area (Å²) in [6, 6.07) is 11.5. The summed E-state index contributed by atoms with van der Waals surface area (Å²) in [7, 11) is 3.26. The molecule has 4 aromatic rings. The zero-order valence-corrected chi connectivity index (χ0v) is 29.6. The topological polar surface area (TPSA) is 101 Å². The van der Waals surface area contributed by atoms with Crippen molar-refractivity contribution in [3.63, 3.8) is 0 Å². The van der Waals surface area contributed by atoms with E-state index in [0.717, 1.165) is 90.1 Å². The standard InChI is InChI=1S/C22H28O4S.C16H18O4S/c1-24-17-12-13-19-18(14-17)20(25-15-8-4-2-5-9-15)21(27-19)22(23)26-16-10-6-3-7-11-16;1-19-11-7-8-13-12(9-11)14(15(21-13)16(17)18)20-10-5-3-2-4-6-10/h12-16H,2-11H2,1H3;7-10H,2-6H2,1H3,(H,17,18). The maximum atomic E-state index is 13.0. The molecular weight excluding hydrogens is 649 g/mol. The Morgan fingerprint density at radius 3 is 1.46 bits per heavy atom. The Kier molecular flexibility index (Phi) is 11.6. The number of fused-ring (bicyclic) bond motifs is 2. The number of hydrogen-bond donors (Lipinski definition) is 1. The molecule has 3 fully saturated rings. The summed E-state index contributed by atoms with van der Waals surface area (Å²) in [4.78, 5) is 25.4. The minimum absolute atomic E-state index is 0.0496. The van der Waals surface area contributed by atoms with Crippen molar-refractivity contribution in [1.29, 1.82) is 0 Å². The number of esters is 1. The normalized spacial score (nSPS) is 17.8. The highest BCUT2D eigenvalue weighted by atomic mass is 32.1. The third-order valence-corrected chi connectivity index (χ3v) is 11.9. The van der Waals surface area contributed by atoms with Crippen LogP contribution in [0.25, 0.3) is 20.2 Å². The van der Waals surface area contributed by atoms with Crippen molar-refractivity contribution in [3.05, 3.63) is 46.2 Å². The molecule has 3 saturated carbocycles. The van der Waals surface area contributed by atoms with Gasteiger partial charge in [0.25, 0.3) is 0 Å². The lowest BCUT2D eigenvalue weighted by molar-refractivity contribution is 0.0210. The summed E-state index contributed by atoms with van der Waals surface area (Å²) < 4.78 is 30.9. The second-order valence-corrected chi connectivity index (χ2v) is 15.1. The highest BCUT2D eigenvalue weighted by molar-refractivity contribution is 7.21. The Morgan fingerprint density at radius 2 is 1.02 bits per heavy atom. The molecule has 0 aliphatic heterocycles. The number of thiophene rings is 2. The van der Waals surface area contributed by atoms with E-state index in [1.807, 2.05) is 36.4 Å². The van der Waals surface area contributed by atoms with E-state index in [4.69, 9.17) is 23.7 Å². The van der Waals surface area contributed by atoms with Gasteiger partial charge < -0.3 is 28.8 Å². The predicted molar refractivity (Wildman–Crippen MR) is 191 cm³/mol. The van der Waals surface area contributed by atoms with Crippen molar-refractivity contribution in [1.82, 2.24) is 0 Å². The molecular formula is C38H46O8S2. The summed E-state index contributed by atoms with van der Waals surface area (Å²) in [5.74, 6) is 1.54. The molecule has 2 heterocycles. The summed E-state index contributed by atoms with van der Waals surface area (Å²) in [5.41, 5.74) is 0. The number of carboxylic acids is 1. The van der Waals surface area contributed by atoms with Gasteiger partial charge in [-0.05, 0) is 113 Å². The van der Waals surface area contributed by atoms with E-state index in [1.54, 1.807) is 14.2 Å². The van der Waals surface area contributed by atoms with Gasteiger partial charge in [0.1, 0.15) is 17.6 Å². The summed E-state index contributed by atoms with van der Waals surface area (Å²) in [6.07, 6.45) is 17.2. The van der Waals surface area contributed by atoms with Crippen molar-refractivity contribution < 1.29 is 38.4 Å². The van der Waals surface area contributed by atoms with Crippen LogP contribution in [0, 0.1) is 0 Å². The van der Waals surface area contributed by atoms with E-state index in [2.05, 4.69) is 0 Å². The number of benzene rings is 2. The van der Waals surface area contributed by atoms with Crippen LogP contribution < -0.4 is 18.9 Å². The Morgan fingerprint density at radius 1 is 0.604 bits per heavy atom. The lowest BCUT2D eigenvalue weighted by Crippen LogP contribution is -2.23. The molecule has 0 unspecified atom stereocenters. The third-order valence-electron chi connectivity index (χ3n) is 9.58. The lowest BCUT2D eigenvalue weighted by Gasteiger charge is -2.24. The van der Waals surface area contributed by atoms with Gasteiger partial charge in [0.05, 0.1) is 26.4 Å². The lowest BCUT2D eigenvalue weighted by atomic mass is 9.97. The average molecular weight is 695 g/mol. The van der Waals surface area contributed by atoms with Gasteiger partial charge in [0.2, 0.25) is 0 Å². The molecule has 258 valence electrons. The Balaban J connectivity index is 0.000000173. The van der Waals surface area contributed by atoms with Crippen LogP contribution in [0.1, 0.15) is 116 Å². The molecule has 1 N–H and O–H groups in total. The van der Waals surface area contributed by atoms with Gasteiger partial charge in [-0.3, -0.25) is 0 Å². The highest BCUT2D eigenvalue weighted by Crippen LogP contribution is 2.43. The predicted octanol–water partition coefficient (Wildman–Crippen LogP) is 10.4. The molecule has 8 nitrogen and oxygen atoms in total. The van der Waals surface area contributed by atoms with Crippen LogP contribution in [0.4, 0.5) is 0 Å². The Bertz CT molecular complexity index is 1690. The number of ether oxygens (including phenoxy) is 5. The van der Waals surface area contributed by atoms with Crippen molar-refractivity contribution >= 4 is 54.8 Å². The van der Waals surface area contributed by atoms with Crippen molar-refractivity contribution in [2.24, 2.45) is 0 Å². The SMILES string of the molecule is COc1ccc2sc(C(=O)O)c(OC3CCCCC3)c2c1.COc1ccc2sc(C(=O)OC3CCCCC3)c(OC3CCCCC3)c2c1. The fourth-order valence-electron chi connectivity index (χ4n) is 6.96. The van der Waals surface area contributed by atoms with E-state index >= 15 is 0 Å². The number of carboxylic acid groups (broad SMARTS) is 1. The maximum absolute atomic E-state index is 13.0. The molecule has 10 heteroatoms. The number of hydrogen-bond acceptors (Lipinski definition) is 9. The van der Waals surface area contributed by atoms with Crippen LogP contribution in [0.3, 0.4) is 0 Å². The largest absolute Gasteiger partial charge is 0.497 e. The molecule has 3 aliphatic carbocycles. The molecule has 7 rings (SSSR count). The molecule has 0 bridgehead atoms. The van der Waals surface area contributed by atoms with Crippen LogP contribution in [-0.2, 0) is 4.74 Å². The van der Waals surface area contributed by atoms with Gasteiger partial charge in [0.15, 0.2) is 21.3 Å². The zero-order valence-electron chi connectivity index (χ0n) is 27.9. The molecule has 0 spiro atoms. The second-order valence-electron chi connectivity index (χ2n) is 13.0. The highest BCUT2D eigenvalue weighted by Gasteiger charge is 2.28. The molecule has 0 atom stereocenters. The monoisotopic (exact) mass is 694 g/mol. The van der Waals surface area contributed by atoms with Gasteiger partial charge >= 0.3 is 11.9 Å². The quantitative estimate of drug-likeness (QED) is 0.173. The van der Waals surface area contributed by atoms with Crippen molar-refractivity contribution in [2.45, 2.75) is 115 Å². The number of rotatable bonds is 9. The van der Waals surface area contributed by atoms with E-state index in [1.165, 1.54) is 54.8 Å². The van der Waals surface area contributed by atoms with Crippen LogP contribution in [0.15, 0.2) is 36.4 Å². The second kappa shape index (κ2) is 16.3. The molecule has 2 aromatic carbocycles. The van der Waals surface area contributed by atoms with E-state index in [0.29, 0.717) is 22.1 Å².